The Morgan fingerprint density at radius 3 is 2.85 bits per heavy atom. The lowest BCUT2D eigenvalue weighted by Crippen LogP contribution is -2.04. The summed E-state index contributed by atoms with van der Waals surface area (Å²) < 4.78 is 1.72. The molecule has 4 aromatic heterocycles. The van der Waals surface area contributed by atoms with Gasteiger partial charge in [-0.25, -0.2) is 14.5 Å². The number of carbonyl (C=O) groups is 1. The number of carbonyl (C=O) groups excluding carboxylic acids is 1. The van der Waals surface area contributed by atoms with Crippen LogP contribution in [0.25, 0.3) is 27.1 Å². The molecule has 0 saturated carbocycles. The van der Waals surface area contributed by atoms with E-state index in [9.17, 15) is 9.90 Å². The van der Waals surface area contributed by atoms with E-state index in [2.05, 4.69) is 25.4 Å². The van der Waals surface area contributed by atoms with E-state index in [0.717, 1.165) is 21.5 Å². The molecule has 0 bridgehead atoms. The van der Waals surface area contributed by atoms with E-state index >= 15 is 0 Å². The molecule has 0 aliphatic carbocycles. The minimum atomic E-state index is -0.577. The first-order valence-corrected chi connectivity index (χ1v) is 9.35. The predicted octanol–water partition coefficient (Wildman–Crippen LogP) is 3.11. The fourth-order valence-corrected chi connectivity index (χ4v) is 3.95. The Morgan fingerprint density at radius 2 is 2.15 bits per heavy atom. The molecule has 1 atom stereocenters. The van der Waals surface area contributed by atoms with Crippen LogP contribution in [0.1, 0.15) is 37.6 Å². The Balaban J connectivity index is 1.90. The number of fused-ring (bicyclic) bond motifs is 3. The van der Waals surface area contributed by atoms with Crippen molar-refractivity contribution in [1.82, 2.24) is 24.6 Å². The maximum Gasteiger partial charge on any atom is 0.223 e. The molecule has 4 aromatic rings. The van der Waals surface area contributed by atoms with Gasteiger partial charge in [0, 0.05) is 24.2 Å². The Morgan fingerprint density at radius 1 is 1.33 bits per heavy atom. The second-order valence-corrected chi connectivity index (χ2v) is 7.27. The molecule has 27 heavy (non-hydrogen) atoms. The molecule has 0 radical (unpaired) electrons. The number of aryl methyl sites for hydroxylation is 1. The molecule has 8 nitrogen and oxygen atoms in total. The number of nitrogens with one attached hydrogen (secondary N) is 1. The van der Waals surface area contributed by atoms with Gasteiger partial charge in [-0.3, -0.25) is 9.78 Å². The van der Waals surface area contributed by atoms with E-state index in [1.54, 1.807) is 10.7 Å². The van der Waals surface area contributed by atoms with Gasteiger partial charge < -0.3 is 10.4 Å². The van der Waals surface area contributed by atoms with Gasteiger partial charge in [0.05, 0.1) is 11.8 Å². The molecule has 1 amide bonds. The van der Waals surface area contributed by atoms with Crippen LogP contribution >= 0.6 is 11.3 Å². The van der Waals surface area contributed by atoms with E-state index in [0.29, 0.717) is 28.4 Å². The average Bonchev–Trinajstić information content (AvgIpc) is 3.26. The van der Waals surface area contributed by atoms with Crippen molar-refractivity contribution >= 4 is 38.4 Å². The normalized spacial score (nSPS) is 12.6. The second kappa shape index (κ2) is 6.67. The number of anilines is 1. The third kappa shape index (κ3) is 3.04. The SMILES string of the molecule is CC[C@H](O)c1cc(C)c(-c2cc3nc(NC(C)=O)sc3n3ncnc23)cn1. The summed E-state index contributed by atoms with van der Waals surface area (Å²) in [7, 11) is 0. The number of thiazole rings is 1. The van der Waals surface area contributed by atoms with Crippen LogP contribution in [-0.2, 0) is 4.79 Å². The van der Waals surface area contributed by atoms with Crippen molar-refractivity contribution in [2.45, 2.75) is 33.3 Å². The summed E-state index contributed by atoms with van der Waals surface area (Å²) in [5.74, 6) is -0.172. The largest absolute Gasteiger partial charge is 0.387 e. The van der Waals surface area contributed by atoms with Crippen molar-refractivity contribution in [2.75, 3.05) is 5.32 Å². The average molecular weight is 382 g/mol. The van der Waals surface area contributed by atoms with Crippen molar-refractivity contribution in [3.8, 4) is 11.1 Å². The van der Waals surface area contributed by atoms with Crippen molar-refractivity contribution in [2.24, 2.45) is 0 Å². The molecule has 4 heterocycles. The Bertz CT molecular complexity index is 1170. The zero-order chi connectivity index (χ0) is 19.1. The number of rotatable bonds is 4. The first kappa shape index (κ1) is 17.5. The van der Waals surface area contributed by atoms with Crippen LogP contribution in [0, 0.1) is 6.92 Å². The molecule has 0 unspecified atom stereocenters. The number of aliphatic hydroxyl groups is 1. The predicted molar refractivity (Wildman–Crippen MR) is 104 cm³/mol. The Kier molecular flexibility index (Phi) is 4.33. The summed E-state index contributed by atoms with van der Waals surface area (Å²) in [5, 5.41) is 17.6. The number of aliphatic hydroxyl groups excluding tert-OH is 1. The topological polar surface area (TPSA) is 105 Å². The summed E-state index contributed by atoms with van der Waals surface area (Å²) in [6.45, 7) is 5.34. The molecule has 0 aliphatic rings. The summed E-state index contributed by atoms with van der Waals surface area (Å²) in [4.78, 5) is 25.5. The van der Waals surface area contributed by atoms with Crippen molar-refractivity contribution in [1.29, 1.82) is 0 Å². The molecular weight excluding hydrogens is 364 g/mol. The van der Waals surface area contributed by atoms with Crippen molar-refractivity contribution < 1.29 is 9.90 Å². The first-order valence-electron chi connectivity index (χ1n) is 8.53. The number of nitrogens with zero attached hydrogens (tertiary/aromatic N) is 5. The number of hydrogen-bond donors (Lipinski definition) is 2. The van der Waals surface area contributed by atoms with Crippen LogP contribution in [0.15, 0.2) is 24.7 Å². The molecule has 4 rings (SSSR count). The maximum absolute atomic E-state index is 11.3. The summed E-state index contributed by atoms with van der Waals surface area (Å²) >= 11 is 1.35. The first-order chi connectivity index (χ1) is 13.0. The lowest BCUT2D eigenvalue weighted by Gasteiger charge is -2.12. The number of aromatic nitrogens is 5. The number of hydrogen-bond acceptors (Lipinski definition) is 7. The number of amides is 1. The zero-order valence-corrected chi connectivity index (χ0v) is 15.9. The van der Waals surface area contributed by atoms with E-state index in [1.807, 2.05) is 26.0 Å². The van der Waals surface area contributed by atoms with Crippen molar-refractivity contribution in [3.05, 3.63) is 35.9 Å². The van der Waals surface area contributed by atoms with Crippen LogP contribution in [0.4, 0.5) is 5.13 Å². The molecular formula is C18H18N6O2S. The van der Waals surface area contributed by atoms with Gasteiger partial charge in [-0.2, -0.15) is 5.10 Å². The highest BCUT2D eigenvalue weighted by Gasteiger charge is 2.17. The lowest BCUT2D eigenvalue weighted by molar-refractivity contribution is -0.114. The highest BCUT2D eigenvalue weighted by atomic mass is 32.1. The summed E-state index contributed by atoms with van der Waals surface area (Å²) in [5.41, 5.74) is 4.79. The van der Waals surface area contributed by atoms with Gasteiger partial charge in [0.2, 0.25) is 5.91 Å². The third-order valence-corrected chi connectivity index (χ3v) is 5.29. The highest BCUT2D eigenvalue weighted by Crippen LogP contribution is 2.34. The van der Waals surface area contributed by atoms with E-state index in [4.69, 9.17) is 0 Å². The molecule has 0 aliphatic heterocycles. The zero-order valence-electron chi connectivity index (χ0n) is 15.1. The Labute approximate surface area is 158 Å². The highest BCUT2D eigenvalue weighted by molar-refractivity contribution is 7.22. The monoisotopic (exact) mass is 382 g/mol. The minimum absolute atomic E-state index is 0.172. The molecule has 0 saturated heterocycles. The Hall–Kier alpha value is -2.91. The third-order valence-electron chi connectivity index (χ3n) is 4.33. The molecule has 0 fully saturated rings. The molecule has 0 spiro atoms. The van der Waals surface area contributed by atoms with Crippen LogP contribution in [0.2, 0.25) is 0 Å². The molecule has 2 N–H and O–H groups in total. The smallest absolute Gasteiger partial charge is 0.223 e. The standard InChI is InChI=1S/C18H18N6O2S/c1-4-15(26)13-5-9(2)12(7-19-13)11-6-14-17(24-16(11)20-8-21-24)27-18(23-14)22-10(3)25/h5-8,15,26H,4H2,1-3H3,(H,22,23,25)/t15-/m0/s1. The van der Waals surface area contributed by atoms with Gasteiger partial charge in [-0.05, 0) is 31.0 Å². The number of pyridine rings is 2. The summed E-state index contributed by atoms with van der Waals surface area (Å²) in [6, 6.07) is 3.82. The molecule has 138 valence electrons. The van der Waals surface area contributed by atoms with E-state index < -0.39 is 6.10 Å². The summed E-state index contributed by atoms with van der Waals surface area (Å²) in [6.07, 6.45) is 3.28. The van der Waals surface area contributed by atoms with E-state index in [1.165, 1.54) is 24.6 Å². The fraction of sp³-hybridized carbons (Fsp3) is 0.278. The van der Waals surface area contributed by atoms with Crippen LogP contribution in [0.5, 0.6) is 0 Å². The maximum atomic E-state index is 11.3. The van der Waals surface area contributed by atoms with Gasteiger partial charge in [0.15, 0.2) is 10.8 Å². The molecule has 9 heteroatoms. The van der Waals surface area contributed by atoms with Gasteiger partial charge in [-0.1, -0.05) is 18.3 Å². The van der Waals surface area contributed by atoms with Gasteiger partial charge in [0.1, 0.15) is 16.7 Å². The van der Waals surface area contributed by atoms with Gasteiger partial charge in [-0.15, -0.1) is 0 Å². The molecule has 0 aromatic carbocycles. The van der Waals surface area contributed by atoms with Crippen LogP contribution < -0.4 is 5.32 Å². The van der Waals surface area contributed by atoms with Gasteiger partial charge >= 0.3 is 0 Å². The van der Waals surface area contributed by atoms with Crippen LogP contribution in [-0.4, -0.2) is 35.6 Å². The van der Waals surface area contributed by atoms with E-state index in [-0.39, 0.29) is 5.91 Å². The van der Waals surface area contributed by atoms with Crippen LogP contribution in [0.3, 0.4) is 0 Å². The fourth-order valence-electron chi connectivity index (χ4n) is 3.00. The quantitative estimate of drug-likeness (QED) is 0.562. The van der Waals surface area contributed by atoms with Crippen molar-refractivity contribution in [3.63, 3.8) is 0 Å². The minimum Gasteiger partial charge on any atom is -0.387 e. The van der Waals surface area contributed by atoms with Gasteiger partial charge in [0.25, 0.3) is 0 Å². The second-order valence-electron chi connectivity index (χ2n) is 6.29. The lowest BCUT2D eigenvalue weighted by atomic mass is 10.0.